The van der Waals surface area contributed by atoms with E-state index >= 15 is 0 Å². The zero-order chi connectivity index (χ0) is 19.8. The smallest absolute Gasteiger partial charge is 0.225 e. The summed E-state index contributed by atoms with van der Waals surface area (Å²) in [6.07, 6.45) is 5.11. The number of para-hydroxylation sites is 1. The van der Waals surface area contributed by atoms with E-state index in [1.165, 1.54) is 11.8 Å². The number of hydrogen-bond acceptors (Lipinski definition) is 5. The number of aliphatic hydroxyl groups excluding tert-OH is 1. The molecule has 1 saturated carbocycles. The number of fused-ring (bicyclic) bond motifs is 1. The van der Waals surface area contributed by atoms with Crippen molar-refractivity contribution in [3.8, 4) is 0 Å². The van der Waals surface area contributed by atoms with Gasteiger partial charge in [-0.3, -0.25) is 14.8 Å². The van der Waals surface area contributed by atoms with Crippen LogP contribution in [0.3, 0.4) is 0 Å². The maximum absolute atomic E-state index is 12.8. The third kappa shape index (κ3) is 3.67. The predicted molar refractivity (Wildman–Crippen MR) is 109 cm³/mol. The maximum atomic E-state index is 12.8. The molecule has 2 aromatic rings. The molecule has 2 N–H and O–H groups in total. The first kappa shape index (κ1) is 19.0. The Balaban J connectivity index is 1.28. The molecule has 1 amide bonds. The molecule has 7 heteroatoms. The van der Waals surface area contributed by atoms with Crippen molar-refractivity contribution in [1.82, 2.24) is 20.0 Å². The van der Waals surface area contributed by atoms with Crippen LogP contribution in [0, 0.1) is 0 Å². The summed E-state index contributed by atoms with van der Waals surface area (Å²) in [5, 5.41) is 18.7. The summed E-state index contributed by atoms with van der Waals surface area (Å²) in [6, 6.07) is 8.20. The number of ether oxygens (including phenoxy) is 1. The van der Waals surface area contributed by atoms with Gasteiger partial charge < -0.3 is 14.7 Å². The molecule has 2 unspecified atom stereocenters. The van der Waals surface area contributed by atoms with Crippen LogP contribution < -0.4 is 0 Å². The van der Waals surface area contributed by atoms with Crippen molar-refractivity contribution in [2.45, 2.75) is 62.8 Å². The Labute approximate surface area is 171 Å². The summed E-state index contributed by atoms with van der Waals surface area (Å²) in [5.41, 5.74) is 2.24. The second-order valence-corrected chi connectivity index (χ2v) is 8.95. The topological polar surface area (TPSA) is 81.7 Å². The van der Waals surface area contributed by atoms with Crippen molar-refractivity contribution in [3.63, 3.8) is 0 Å². The zero-order valence-electron chi connectivity index (χ0n) is 16.8. The fraction of sp³-hybridized carbons (Fsp3) is 0.636. The largest absolute Gasteiger partial charge is 0.391 e. The van der Waals surface area contributed by atoms with Gasteiger partial charge in [0, 0.05) is 37.1 Å². The number of amides is 1. The lowest BCUT2D eigenvalue weighted by Crippen LogP contribution is -2.63. The number of aromatic amines is 1. The third-order valence-corrected chi connectivity index (χ3v) is 7.01. The third-order valence-electron chi connectivity index (χ3n) is 7.01. The highest BCUT2D eigenvalue weighted by molar-refractivity contribution is 5.81. The quantitative estimate of drug-likeness (QED) is 0.824. The van der Waals surface area contributed by atoms with Gasteiger partial charge in [0.25, 0.3) is 0 Å². The molecular weight excluding hydrogens is 368 g/mol. The van der Waals surface area contributed by atoms with E-state index in [1.807, 2.05) is 18.2 Å². The molecular formula is C22H30N4O3. The Morgan fingerprint density at radius 2 is 2.14 bits per heavy atom. The fourth-order valence-corrected chi connectivity index (χ4v) is 5.09. The number of morpholine rings is 1. The summed E-state index contributed by atoms with van der Waals surface area (Å²) < 4.78 is 6.18. The lowest BCUT2D eigenvalue weighted by Gasteiger charge is -2.54. The van der Waals surface area contributed by atoms with Crippen LogP contribution in [-0.4, -0.2) is 75.0 Å². The molecule has 2 saturated heterocycles. The molecule has 1 aromatic carbocycles. The van der Waals surface area contributed by atoms with Crippen LogP contribution in [0.15, 0.2) is 24.3 Å². The number of carbonyl (C=O) groups excluding carboxylic acids is 1. The van der Waals surface area contributed by atoms with Crippen molar-refractivity contribution < 1.29 is 14.6 Å². The van der Waals surface area contributed by atoms with Gasteiger partial charge in [0.1, 0.15) is 0 Å². The number of nitrogens with one attached hydrogen (secondary N) is 1. The van der Waals surface area contributed by atoms with Crippen molar-refractivity contribution in [3.05, 3.63) is 30.0 Å². The Hall–Kier alpha value is -1.96. The van der Waals surface area contributed by atoms with Crippen molar-refractivity contribution in [2.24, 2.45) is 0 Å². The summed E-state index contributed by atoms with van der Waals surface area (Å²) >= 11 is 0. The number of H-pyrrole nitrogens is 1. The lowest BCUT2D eigenvalue weighted by molar-refractivity contribution is -0.159. The van der Waals surface area contributed by atoms with E-state index in [-0.39, 0.29) is 23.7 Å². The van der Waals surface area contributed by atoms with Crippen molar-refractivity contribution >= 4 is 16.8 Å². The average Bonchev–Trinajstić information content (AvgIpc) is 3.10. The van der Waals surface area contributed by atoms with E-state index in [2.05, 4.69) is 21.2 Å². The number of benzene rings is 1. The zero-order valence-corrected chi connectivity index (χ0v) is 16.8. The fourth-order valence-electron chi connectivity index (χ4n) is 5.09. The van der Waals surface area contributed by atoms with Crippen LogP contribution in [0.25, 0.3) is 10.9 Å². The minimum absolute atomic E-state index is 0.0954. The Bertz CT molecular complexity index is 878. The first-order chi connectivity index (χ1) is 14.1. The van der Waals surface area contributed by atoms with Crippen LogP contribution in [0.2, 0.25) is 0 Å². The van der Waals surface area contributed by atoms with Gasteiger partial charge >= 0.3 is 0 Å². The number of aromatic nitrogens is 2. The summed E-state index contributed by atoms with van der Waals surface area (Å²) in [7, 11) is 0. The molecule has 0 radical (unpaired) electrons. The highest BCUT2D eigenvalue weighted by atomic mass is 16.5. The number of nitrogens with zero attached hydrogens (tertiary/aromatic N) is 3. The highest BCUT2D eigenvalue weighted by Gasteiger charge is 2.47. The monoisotopic (exact) mass is 398 g/mol. The van der Waals surface area contributed by atoms with Gasteiger partial charge in [0.05, 0.1) is 36.4 Å². The van der Waals surface area contributed by atoms with E-state index in [9.17, 15) is 9.90 Å². The van der Waals surface area contributed by atoms with Crippen molar-refractivity contribution in [1.29, 1.82) is 0 Å². The number of rotatable bonds is 4. The predicted octanol–water partition coefficient (Wildman–Crippen LogP) is 2.06. The Morgan fingerprint density at radius 1 is 1.28 bits per heavy atom. The molecule has 3 aliphatic rings. The van der Waals surface area contributed by atoms with Crippen LogP contribution >= 0.6 is 0 Å². The molecule has 156 valence electrons. The van der Waals surface area contributed by atoms with Crippen LogP contribution in [-0.2, 0) is 16.1 Å². The number of hydrogen-bond donors (Lipinski definition) is 2. The molecule has 1 aliphatic carbocycles. The van der Waals surface area contributed by atoms with Gasteiger partial charge in [-0.15, -0.1) is 0 Å². The molecule has 1 spiro atoms. The molecule has 2 atom stereocenters. The molecule has 1 aromatic heterocycles. The van der Waals surface area contributed by atoms with Crippen LogP contribution in [0.4, 0.5) is 0 Å². The molecule has 7 nitrogen and oxygen atoms in total. The Kier molecular flexibility index (Phi) is 5.05. The van der Waals surface area contributed by atoms with Crippen molar-refractivity contribution in [2.75, 3.05) is 26.2 Å². The second kappa shape index (κ2) is 7.70. The first-order valence-corrected chi connectivity index (χ1v) is 10.9. The maximum Gasteiger partial charge on any atom is 0.225 e. The molecule has 0 bridgehead atoms. The summed E-state index contributed by atoms with van der Waals surface area (Å²) in [4.78, 5) is 17.1. The van der Waals surface area contributed by atoms with Gasteiger partial charge in [0.2, 0.25) is 5.91 Å². The van der Waals surface area contributed by atoms with E-state index in [0.717, 1.165) is 56.5 Å². The van der Waals surface area contributed by atoms with E-state index in [4.69, 9.17) is 4.74 Å². The minimum Gasteiger partial charge on any atom is -0.391 e. The molecule has 3 heterocycles. The van der Waals surface area contributed by atoms with Gasteiger partial charge in [-0.25, -0.2) is 0 Å². The van der Waals surface area contributed by atoms with E-state index < -0.39 is 0 Å². The van der Waals surface area contributed by atoms with E-state index in [1.54, 1.807) is 4.90 Å². The summed E-state index contributed by atoms with van der Waals surface area (Å²) in [6.45, 7) is 3.46. The molecule has 3 fully saturated rings. The SMILES string of the molecule is O=C(CC1CN(Cc2[nH]nc3ccccc23)C2(CCC2)CO1)N1CCCC(O)C1. The second-order valence-electron chi connectivity index (χ2n) is 8.95. The highest BCUT2D eigenvalue weighted by Crippen LogP contribution is 2.42. The van der Waals surface area contributed by atoms with Gasteiger partial charge in [-0.2, -0.15) is 5.10 Å². The number of piperidine rings is 1. The van der Waals surface area contributed by atoms with Crippen LogP contribution in [0.5, 0.6) is 0 Å². The minimum atomic E-state index is -0.386. The summed E-state index contributed by atoms with van der Waals surface area (Å²) in [5.74, 6) is 0.102. The first-order valence-electron chi connectivity index (χ1n) is 10.9. The van der Waals surface area contributed by atoms with Gasteiger partial charge in [-0.05, 0) is 38.2 Å². The standard InChI is InChI=1S/C22H30N4O3/c27-16-5-3-10-25(12-16)21(28)11-17-13-26(22(15-29-17)8-4-9-22)14-20-18-6-1-2-7-19(18)23-24-20/h1-2,6-7,16-17,27H,3-5,8-15H2,(H,23,24). The Morgan fingerprint density at radius 3 is 2.93 bits per heavy atom. The molecule has 5 rings (SSSR count). The average molecular weight is 399 g/mol. The van der Waals surface area contributed by atoms with Gasteiger partial charge in [0.15, 0.2) is 0 Å². The normalized spacial score (nSPS) is 27.3. The molecule has 29 heavy (non-hydrogen) atoms. The van der Waals surface area contributed by atoms with Gasteiger partial charge in [-0.1, -0.05) is 18.2 Å². The number of β-amino-alcohol motifs (C(OH)–C–C–N with tert-alkyl or cyclic N) is 1. The number of aliphatic hydroxyl groups is 1. The lowest BCUT2D eigenvalue weighted by atomic mass is 9.74. The van der Waals surface area contributed by atoms with E-state index in [0.29, 0.717) is 19.6 Å². The number of carbonyl (C=O) groups is 1. The van der Waals surface area contributed by atoms with Crippen LogP contribution in [0.1, 0.15) is 44.2 Å². The molecule has 2 aliphatic heterocycles. The number of likely N-dealkylation sites (tertiary alicyclic amines) is 1.